The second-order valence-corrected chi connectivity index (χ2v) is 4.68. The summed E-state index contributed by atoms with van der Waals surface area (Å²) in [5.41, 5.74) is 3.31. The smallest absolute Gasteiger partial charge is 0.320 e. The lowest BCUT2D eigenvalue weighted by molar-refractivity contribution is -0.142. The molecule has 0 aromatic heterocycles. The van der Waals surface area contributed by atoms with E-state index in [9.17, 15) is 4.79 Å². The zero-order valence-electron chi connectivity index (χ0n) is 11.7. The number of carboxylic acid groups (broad SMARTS) is 1. The topological polar surface area (TPSA) is 49.8 Å². The van der Waals surface area contributed by atoms with Crippen LogP contribution in [0.3, 0.4) is 0 Å². The molecule has 0 aliphatic rings. The standard InChI is InChI=1S/C14H21NO3/c1-9-7-13(18-5)10(2)6-12(9)8-15(4)11(3)14(16)17/h6-7,11H,8H2,1-5H3,(H,16,17). The minimum absolute atomic E-state index is 0.494. The van der Waals surface area contributed by atoms with Crippen molar-refractivity contribution in [2.75, 3.05) is 14.2 Å². The summed E-state index contributed by atoms with van der Waals surface area (Å²) < 4.78 is 5.26. The molecule has 0 bridgehead atoms. The van der Waals surface area contributed by atoms with Crippen molar-refractivity contribution in [1.29, 1.82) is 0 Å². The van der Waals surface area contributed by atoms with E-state index in [2.05, 4.69) is 6.07 Å². The molecule has 4 nitrogen and oxygen atoms in total. The lowest BCUT2D eigenvalue weighted by Crippen LogP contribution is -2.35. The van der Waals surface area contributed by atoms with E-state index in [4.69, 9.17) is 9.84 Å². The second-order valence-electron chi connectivity index (χ2n) is 4.68. The molecule has 18 heavy (non-hydrogen) atoms. The van der Waals surface area contributed by atoms with E-state index < -0.39 is 12.0 Å². The van der Waals surface area contributed by atoms with Gasteiger partial charge < -0.3 is 9.84 Å². The van der Waals surface area contributed by atoms with E-state index in [0.717, 1.165) is 22.4 Å². The maximum atomic E-state index is 10.9. The molecule has 0 spiro atoms. The summed E-state index contributed by atoms with van der Waals surface area (Å²) in [5, 5.41) is 8.97. The summed E-state index contributed by atoms with van der Waals surface area (Å²) in [4.78, 5) is 12.7. The summed E-state index contributed by atoms with van der Waals surface area (Å²) >= 11 is 0. The van der Waals surface area contributed by atoms with E-state index in [1.807, 2.05) is 31.9 Å². The van der Waals surface area contributed by atoms with Crippen LogP contribution in [0.5, 0.6) is 5.75 Å². The molecule has 4 heteroatoms. The number of ether oxygens (including phenoxy) is 1. The van der Waals surface area contributed by atoms with Gasteiger partial charge in [-0.1, -0.05) is 6.07 Å². The first-order valence-electron chi connectivity index (χ1n) is 5.94. The van der Waals surface area contributed by atoms with Crippen molar-refractivity contribution in [3.8, 4) is 5.75 Å². The molecule has 0 saturated heterocycles. The molecule has 1 N–H and O–H groups in total. The van der Waals surface area contributed by atoms with Crippen LogP contribution in [0.25, 0.3) is 0 Å². The van der Waals surface area contributed by atoms with Crippen molar-refractivity contribution in [2.45, 2.75) is 33.4 Å². The summed E-state index contributed by atoms with van der Waals surface area (Å²) in [7, 11) is 3.47. The molecular weight excluding hydrogens is 230 g/mol. The highest BCUT2D eigenvalue weighted by Crippen LogP contribution is 2.23. The highest BCUT2D eigenvalue weighted by atomic mass is 16.5. The molecule has 0 saturated carbocycles. The van der Waals surface area contributed by atoms with Gasteiger partial charge in [-0.25, -0.2) is 0 Å². The van der Waals surface area contributed by atoms with E-state index in [0.29, 0.717) is 6.54 Å². The Bertz CT molecular complexity index is 443. The number of nitrogens with zero attached hydrogens (tertiary/aromatic N) is 1. The Morgan fingerprint density at radius 1 is 1.39 bits per heavy atom. The van der Waals surface area contributed by atoms with Crippen LogP contribution in [0.1, 0.15) is 23.6 Å². The number of likely N-dealkylation sites (N-methyl/N-ethyl adjacent to an activating group) is 1. The summed E-state index contributed by atoms with van der Waals surface area (Å²) in [5.74, 6) is 0.0607. The quantitative estimate of drug-likeness (QED) is 0.871. The molecule has 1 rings (SSSR count). The van der Waals surface area contributed by atoms with Gasteiger partial charge in [-0.2, -0.15) is 0 Å². The SMILES string of the molecule is COc1cc(C)c(CN(C)C(C)C(=O)O)cc1C. The molecule has 0 aliphatic carbocycles. The van der Waals surface area contributed by atoms with Crippen molar-refractivity contribution < 1.29 is 14.6 Å². The van der Waals surface area contributed by atoms with Crippen LogP contribution >= 0.6 is 0 Å². The number of hydrogen-bond acceptors (Lipinski definition) is 3. The van der Waals surface area contributed by atoms with Crippen molar-refractivity contribution >= 4 is 5.97 Å². The van der Waals surface area contributed by atoms with Gasteiger partial charge in [0.25, 0.3) is 0 Å². The van der Waals surface area contributed by atoms with Crippen LogP contribution in [0.4, 0.5) is 0 Å². The molecule has 0 aliphatic heterocycles. The lowest BCUT2D eigenvalue weighted by Gasteiger charge is -2.22. The third-order valence-corrected chi connectivity index (χ3v) is 3.29. The molecule has 100 valence electrons. The first kappa shape index (κ1) is 14.5. The van der Waals surface area contributed by atoms with Gasteiger partial charge in [0.2, 0.25) is 0 Å². The van der Waals surface area contributed by atoms with Crippen LogP contribution in [0.15, 0.2) is 12.1 Å². The summed E-state index contributed by atoms with van der Waals surface area (Å²) in [6.45, 7) is 6.30. The molecule has 1 atom stereocenters. The molecule has 0 fully saturated rings. The van der Waals surface area contributed by atoms with Gasteiger partial charge >= 0.3 is 5.97 Å². The average Bonchev–Trinajstić information content (AvgIpc) is 2.32. The summed E-state index contributed by atoms with van der Waals surface area (Å²) in [6.07, 6.45) is 0. The average molecular weight is 251 g/mol. The predicted molar refractivity (Wildman–Crippen MR) is 71.0 cm³/mol. The Kier molecular flexibility index (Phi) is 4.73. The number of aliphatic carboxylic acids is 1. The third-order valence-electron chi connectivity index (χ3n) is 3.29. The van der Waals surface area contributed by atoms with Crippen LogP contribution < -0.4 is 4.74 Å². The first-order chi connectivity index (χ1) is 8.36. The Hall–Kier alpha value is -1.55. The second kappa shape index (κ2) is 5.87. The molecule has 0 amide bonds. The Morgan fingerprint density at radius 2 is 2.00 bits per heavy atom. The Morgan fingerprint density at radius 3 is 2.50 bits per heavy atom. The zero-order chi connectivity index (χ0) is 13.9. The number of rotatable bonds is 5. The van der Waals surface area contributed by atoms with Crippen LogP contribution in [-0.2, 0) is 11.3 Å². The normalized spacial score (nSPS) is 12.6. The van der Waals surface area contributed by atoms with Crippen molar-refractivity contribution in [3.05, 3.63) is 28.8 Å². The fourth-order valence-corrected chi connectivity index (χ4v) is 1.83. The largest absolute Gasteiger partial charge is 0.496 e. The molecule has 1 unspecified atom stereocenters. The van der Waals surface area contributed by atoms with Gasteiger partial charge in [0, 0.05) is 6.54 Å². The van der Waals surface area contributed by atoms with Crippen LogP contribution in [-0.4, -0.2) is 36.2 Å². The number of aryl methyl sites for hydroxylation is 2. The highest BCUT2D eigenvalue weighted by molar-refractivity contribution is 5.72. The van der Waals surface area contributed by atoms with Gasteiger partial charge in [0.1, 0.15) is 11.8 Å². The molecule has 1 aromatic carbocycles. The van der Waals surface area contributed by atoms with Crippen molar-refractivity contribution in [1.82, 2.24) is 4.90 Å². The van der Waals surface area contributed by atoms with Crippen LogP contribution in [0, 0.1) is 13.8 Å². The van der Waals surface area contributed by atoms with Crippen molar-refractivity contribution in [2.24, 2.45) is 0 Å². The molecule has 0 heterocycles. The van der Waals surface area contributed by atoms with Gasteiger partial charge in [0.05, 0.1) is 7.11 Å². The number of methoxy groups -OCH3 is 1. The number of hydrogen-bond donors (Lipinski definition) is 1. The van der Waals surface area contributed by atoms with Crippen LogP contribution in [0.2, 0.25) is 0 Å². The van der Waals surface area contributed by atoms with Gasteiger partial charge in [-0.3, -0.25) is 9.69 Å². The molecule has 1 aromatic rings. The maximum Gasteiger partial charge on any atom is 0.320 e. The van der Waals surface area contributed by atoms with Gasteiger partial charge in [-0.05, 0) is 50.6 Å². The Labute approximate surface area is 108 Å². The number of benzene rings is 1. The minimum atomic E-state index is -0.805. The third kappa shape index (κ3) is 3.23. The van der Waals surface area contributed by atoms with Gasteiger partial charge in [0.15, 0.2) is 0 Å². The van der Waals surface area contributed by atoms with E-state index in [1.165, 1.54) is 0 Å². The number of carbonyl (C=O) groups is 1. The highest BCUT2D eigenvalue weighted by Gasteiger charge is 2.17. The molecule has 0 radical (unpaired) electrons. The zero-order valence-corrected chi connectivity index (χ0v) is 11.7. The predicted octanol–water partition coefficient (Wildman–Crippen LogP) is 2.22. The Balaban J connectivity index is 2.91. The van der Waals surface area contributed by atoms with E-state index in [1.54, 1.807) is 14.0 Å². The minimum Gasteiger partial charge on any atom is -0.496 e. The maximum absolute atomic E-state index is 10.9. The fourth-order valence-electron chi connectivity index (χ4n) is 1.83. The van der Waals surface area contributed by atoms with Crippen molar-refractivity contribution in [3.63, 3.8) is 0 Å². The van der Waals surface area contributed by atoms with E-state index in [-0.39, 0.29) is 0 Å². The van der Waals surface area contributed by atoms with Gasteiger partial charge in [-0.15, -0.1) is 0 Å². The fraction of sp³-hybridized carbons (Fsp3) is 0.500. The first-order valence-corrected chi connectivity index (χ1v) is 5.94. The van der Waals surface area contributed by atoms with E-state index >= 15 is 0 Å². The lowest BCUT2D eigenvalue weighted by atomic mass is 10.0. The number of carboxylic acids is 1. The summed E-state index contributed by atoms with van der Waals surface area (Å²) in [6, 6.07) is 3.55. The molecular formula is C14H21NO3. The monoisotopic (exact) mass is 251 g/mol.